The second-order valence-corrected chi connectivity index (χ2v) is 7.46. The molecule has 1 fully saturated rings. The Morgan fingerprint density at radius 2 is 1.62 bits per heavy atom. The Morgan fingerprint density at radius 1 is 0.931 bits per heavy atom. The van der Waals surface area contributed by atoms with E-state index in [4.69, 9.17) is 0 Å². The number of benzene rings is 2. The molecule has 152 valence electrons. The number of alkyl halides is 1. The molecule has 0 aliphatic heterocycles. The summed E-state index contributed by atoms with van der Waals surface area (Å²) in [7, 11) is 0. The first-order chi connectivity index (χ1) is 14.0. The monoisotopic (exact) mass is 400 g/mol. The summed E-state index contributed by atoms with van der Waals surface area (Å²) in [6, 6.07) is 7.58. The number of halogens is 4. The van der Waals surface area contributed by atoms with E-state index in [1.165, 1.54) is 24.3 Å². The highest BCUT2D eigenvalue weighted by atomic mass is 19.2. The fourth-order valence-electron chi connectivity index (χ4n) is 3.60. The molecule has 2 aromatic carbocycles. The van der Waals surface area contributed by atoms with E-state index in [-0.39, 0.29) is 22.6 Å². The lowest BCUT2D eigenvalue weighted by Crippen LogP contribution is -2.15. The molecule has 4 heteroatoms. The van der Waals surface area contributed by atoms with Crippen LogP contribution in [0.25, 0.3) is 6.08 Å². The molecule has 29 heavy (non-hydrogen) atoms. The molecule has 1 aliphatic rings. The van der Waals surface area contributed by atoms with Crippen LogP contribution in [-0.4, -0.2) is 6.17 Å². The zero-order valence-electron chi connectivity index (χ0n) is 16.5. The van der Waals surface area contributed by atoms with Crippen LogP contribution in [0, 0.1) is 29.3 Å². The van der Waals surface area contributed by atoms with Crippen LogP contribution in [0.15, 0.2) is 36.4 Å². The van der Waals surface area contributed by atoms with Crippen molar-refractivity contribution < 1.29 is 17.6 Å². The Hall–Kier alpha value is -2.54. The van der Waals surface area contributed by atoms with Gasteiger partial charge in [0.05, 0.1) is 11.1 Å². The standard InChI is InChI=1S/C25H24F4/c1-2-3-4-5-17-6-7-19(23(27)16-17)8-9-20-12-15-22(25(29)24(20)28)18-10-13-21(26)14-11-18/h4-7,12,15-16,18,21H,2-3,10-11,13-14H2,1H3/b5-4+. The van der Waals surface area contributed by atoms with Crippen molar-refractivity contribution in [2.24, 2.45) is 0 Å². The van der Waals surface area contributed by atoms with Crippen molar-refractivity contribution in [3.63, 3.8) is 0 Å². The molecule has 0 amide bonds. The smallest absolute Gasteiger partial charge is 0.174 e. The first-order valence-electron chi connectivity index (χ1n) is 10.1. The van der Waals surface area contributed by atoms with E-state index in [1.807, 2.05) is 12.2 Å². The molecule has 3 rings (SSSR count). The van der Waals surface area contributed by atoms with Gasteiger partial charge in [-0.1, -0.05) is 49.5 Å². The van der Waals surface area contributed by atoms with Gasteiger partial charge in [0.1, 0.15) is 12.0 Å². The predicted octanol–water partition coefficient (Wildman–Crippen LogP) is 7.31. The maximum atomic E-state index is 14.5. The van der Waals surface area contributed by atoms with Crippen LogP contribution in [0.3, 0.4) is 0 Å². The van der Waals surface area contributed by atoms with E-state index < -0.39 is 23.6 Å². The lowest BCUT2D eigenvalue weighted by Gasteiger charge is -2.25. The van der Waals surface area contributed by atoms with Gasteiger partial charge in [0.25, 0.3) is 0 Å². The number of hydrogen-bond acceptors (Lipinski definition) is 0. The van der Waals surface area contributed by atoms with Crippen molar-refractivity contribution >= 4 is 6.08 Å². The summed E-state index contributed by atoms with van der Waals surface area (Å²) >= 11 is 0. The first kappa shape index (κ1) is 21.2. The summed E-state index contributed by atoms with van der Waals surface area (Å²) in [5.74, 6) is 2.48. The maximum Gasteiger partial charge on any atom is 0.174 e. The normalized spacial score (nSPS) is 19.2. The Morgan fingerprint density at radius 3 is 2.31 bits per heavy atom. The summed E-state index contributed by atoms with van der Waals surface area (Å²) in [5.41, 5.74) is 1.01. The third kappa shape index (κ3) is 5.29. The summed E-state index contributed by atoms with van der Waals surface area (Å²) in [6.07, 6.45) is 6.65. The molecule has 0 nitrogen and oxygen atoms in total. The molecule has 0 aromatic heterocycles. The molecule has 0 radical (unpaired) electrons. The number of hydrogen-bond donors (Lipinski definition) is 0. The van der Waals surface area contributed by atoms with Crippen molar-refractivity contribution in [2.75, 3.05) is 0 Å². The zero-order valence-corrected chi connectivity index (χ0v) is 16.5. The fraction of sp³-hybridized carbons (Fsp3) is 0.360. The topological polar surface area (TPSA) is 0 Å². The van der Waals surface area contributed by atoms with E-state index in [0.29, 0.717) is 25.7 Å². The van der Waals surface area contributed by atoms with Crippen molar-refractivity contribution in [1.82, 2.24) is 0 Å². The fourth-order valence-corrected chi connectivity index (χ4v) is 3.60. The minimum absolute atomic E-state index is 0.114. The van der Waals surface area contributed by atoms with Crippen LogP contribution in [-0.2, 0) is 0 Å². The molecule has 0 saturated heterocycles. The Balaban J connectivity index is 1.79. The van der Waals surface area contributed by atoms with Gasteiger partial charge in [-0.2, -0.15) is 0 Å². The highest BCUT2D eigenvalue weighted by molar-refractivity contribution is 5.53. The summed E-state index contributed by atoms with van der Waals surface area (Å²) in [5, 5.41) is 0. The second kappa shape index (κ2) is 9.78. The molecular weight excluding hydrogens is 376 g/mol. The average molecular weight is 400 g/mol. The first-order valence-corrected chi connectivity index (χ1v) is 10.1. The van der Waals surface area contributed by atoms with Crippen LogP contribution in [0.5, 0.6) is 0 Å². The van der Waals surface area contributed by atoms with Gasteiger partial charge in [-0.15, -0.1) is 0 Å². The minimum Gasteiger partial charge on any atom is -0.247 e. The third-order valence-electron chi connectivity index (χ3n) is 5.30. The molecule has 0 N–H and O–H groups in total. The van der Waals surface area contributed by atoms with E-state index in [0.717, 1.165) is 18.4 Å². The lowest BCUT2D eigenvalue weighted by molar-refractivity contribution is 0.233. The molecule has 2 aromatic rings. The quantitative estimate of drug-likeness (QED) is 0.373. The van der Waals surface area contributed by atoms with Crippen molar-refractivity contribution in [3.8, 4) is 11.8 Å². The molecule has 0 atom stereocenters. The molecule has 1 saturated carbocycles. The van der Waals surface area contributed by atoms with Crippen molar-refractivity contribution in [1.29, 1.82) is 0 Å². The van der Waals surface area contributed by atoms with Gasteiger partial charge in [0.2, 0.25) is 0 Å². The average Bonchev–Trinajstić information content (AvgIpc) is 2.71. The van der Waals surface area contributed by atoms with Gasteiger partial charge in [-0.25, -0.2) is 17.6 Å². The number of rotatable bonds is 4. The molecule has 0 unspecified atom stereocenters. The van der Waals surface area contributed by atoms with E-state index in [9.17, 15) is 17.6 Å². The van der Waals surface area contributed by atoms with Crippen LogP contribution in [0.4, 0.5) is 17.6 Å². The maximum absolute atomic E-state index is 14.5. The molecule has 1 aliphatic carbocycles. The minimum atomic E-state index is -1.03. The highest BCUT2D eigenvalue weighted by Crippen LogP contribution is 2.36. The number of allylic oxidation sites excluding steroid dienone is 1. The van der Waals surface area contributed by atoms with Crippen molar-refractivity contribution in [3.05, 3.63) is 76.1 Å². The second-order valence-electron chi connectivity index (χ2n) is 7.46. The van der Waals surface area contributed by atoms with Gasteiger partial charge in [0.15, 0.2) is 11.6 Å². The van der Waals surface area contributed by atoms with E-state index in [2.05, 4.69) is 18.8 Å². The van der Waals surface area contributed by atoms with Gasteiger partial charge in [-0.05, 0) is 67.3 Å². The Kier molecular flexibility index (Phi) is 7.14. The Labute approximate surface area is 169 Å². The van der Waals surface area contributed by atoms with Gasteiger partial charge >= 0.3 is 0 Å². The molecule has 0 spiro atoms. The molecular formula is C25H24F4. The SMILES string of the molecule is CCC/C=C/c1ccc(C#Cc2ccc(C3CCC(F)CC3)c(F)c2F)c(F)c1. The van der Waals surface area contributed by atoms with E-state index >= 15 is 0 Å². The predicted molar refractivity (Wildman–Crippen MR) is 109 cm³/mol. The van der Waals surface area contributed by atoms with Crippen LogP contribution in [0.1, 0.15) is 73.6 Å². The number of unbranched alkanes of at least 4 members (excludes halogenated alkanes) is 1. The van der Waals surface area contributed by atoms with Crippen molar-refractivity contribution in [2.45, 2.75) is 57.5 Å². The molecule has 0 heterocycles. The largest absolute Gasteiger partial charge is 0.247 e. The Bertz CT molecular complexity index is 941. The van der Waals surface area contributed by atoms with E-state index in [1.54, 1.807) is 6.07 Å². The third-order valence-corrected chi connectivity index (χ3v) is 5.30. The summed E-state index contributed by atoms with van der Waals surface area (Å²) in [4.78, 5) is 0. The summed E-state index contributed by atoms with van der Waals surface area (Å²) in [6.45, 7) is 2.06. The van der Waals surface area contributed by atoms with Crippen LogP contribution < -0.4 is 0 Å². The highest BCUT2D eigenvalue weighted by Gasteiger charge is 2.25. The van der Waals surface area contributed by atoms with Gasteiger partial charge < -0.3 is 0 Å². The molecule has 0 bridgehead atoms. The lowest BCUT2D eigenvalue weighted by atomic mass is 9.82. The van der Waals surface area contributed by atoms with Crippen LogP contribution >= 0.6 is 0 Å². The van der Waals surface area contributed by atoms with Gasteiger partial charge in [0, 0.05) is 0 Å². The van der Waals surface area contributed by atoms with Gasteiger partial charge in [-0.3, -0.25) is 0 Å². The van der Waals surface area contributed by atoms with Crippen LogP contribution in [0.2, 0.25) is 0 Å². The zero-order chi connectivity index (χ0) is 20.8. The summed E-state index contributed by atoms with van der Waals surface area (Å²) < 4.78 is 56.5.